The quantitative estimate of drug-likeness (QED) is 0.449. The first kappa shape index (κ1) is 13.1. The van der Waals surface area contributed by atoms with Crippen LogP contribution in [0.5, 0.6) is 0 Å². The number of carboxylic acid groups (broad SMARTS) is 2. The van der Waals surface area contributed by atoms with Crippen molar-refractivity contribution >= 4 is 63.3 Å². The van der Waals surface area contributed by atoms with Gasteiger partial charge in [0.25, 0.3) is 0 Å². The minimum Gasteiger partial charge on any atom is -0.481 e. The van der Waals surface area contributed by atoms with E-state index in [0.717, 1.165) is 0 Å². The molecule has 4 N–H and O–H groups in total. The normalized spacial score (nSPS) is 11.3. The van der Waals surface area contributed by atoms with Crippen molar-refractivity contribution < 1.29 is 19.8 Å². The van der Waals surface area contributed by atoms with Crippen LogP contribution in [-0.4, -0.2) is 79.6 Å². The van der Waals surface area contributed by atoms with Crippen molar-refractivity contribution in [1.82, 2.24) is 0 Å². The second kappa shape index (κ2) is 6.26. The molecular formula is C4H7KNO4. The molecule has 0 aliphatic heterocycles. The molecule has 0 aromatic heterocycles. The van der Waals surface area contributed by atoms with Gasteiger partial charge in [0, 0.05) is 51.4 Å². The second-order valence-electron chi connectivity index (χ2n) is 1.54. The van der Waals surface area contributed by atoms with Crippen LogP contribution in [0, 0.1) is 0 Å². The van der Waals surface area contributed by atoms with E-state index in [-0.39, 0.29) is 51.4 Å². The van der Waals surface area contributed by atoms with E-state index in [4.69, 9.17) is 15.9 Å². The van der Waals surface area contributed by atoms with Crippen molar-refractivity contribution in [2.45, 2.75) is 12.5 Å². The molecule has 0 saturated carbocycles. The summed E-state index contributed by atoms with van der Waals surface area (Å²) in [5, 5.41) is 16.0. The summed E-state index contributed by atoms with van der Waals surface area (Å²) in [4.78, 5) is 19.6. The molecule has 10 heavy (non-hydrogen) atoms. The number of carboxylic acids is 2. The SMILES string of the molecule is N[C@@H](CC(=O)O)C(=O)O.[K]. The van der Waals surface area contributed by atoms with Crippen LogP contribution < -0.4 is 5.73 Å². The number of rotatable bonds is 3. The first-order valence-electron chi connectivity index (χ1n) is 2.24. The van der Waals surface area contributed by atoms with E-state index >= 15 is 0 Å². The molecule has 0 amide bonds. The van der Waals surface area contributed by atoms with Gasteiger partial charge in [0.1, 0.15) is 6.04 Å². The predicted molar refractivity (Wildman–Crippen MR) is 33.6 cm³/mol. The fourth-order valence-corrected chi connectivity index (χ4v) is 0.275. The number of hydrogen-bond donors (Lipinski definition) is 3. The van der Waals surface area contributed by atoms with Crippen LogP contribution in [-0.2, 0) is 9.59 Å². The molecular weight excluding hydrogens is 165 g/mol. The van der Waals surface area contributed by atoms with E-state index in [1.54, 1.807) is 0 Å². The van der Waals surface area contributed by atoms with Crippen LogP contribution in [0.15, 0.2) is 0 Å². The molecule has 0 fully saturated rings. The summed E-state index contributed by atoms with van der Waals surface area (Å²) in [7, 11) is 0. The Morgan fingerprint density at radius 2 is 1.80 bits per heavy atom. The molecule has 1 radical (unpaired) electrons. The average Bonchev–Trinajstić information content (AvgIpc) is 1.63. The zero-order valence-electron chi connectivity index (χ0n) is 5.57. The summed E-state index contributed by atoms with van der Waals surface area (Å²) in [5.41, 5.74) is 4.84. The second-order valence-corrected chi connectivity index (χ2v) is 1.54. The van der Waals surface area contributed by atoms with Gasteiger partial charge in [-0.15, -0.1) is 0 Å². The number of hydrogen-bond acceptors (Lipinski definition) is 3. The van der Waals surface area contributed by atoms with Gasteiger partial charge in [0.15, 0.2) is 0 Å². The molecule has 0 unspecified atom stereocenters. The van der Waals surface area contributed by atoms with Gasteiger partial charge in [-0.05, 0) is 0 Å². The Kier molecular flexibility index (Phi) is 8.23. The minimum absolute atomic E-state index is 0. The Morgan fingerprint density at radius 3 is 1.90 bits per heavy atom. The molecule has 6 heteroatoms. The monoisotopic (exact) mass is 172 g/mol. The van der Waals surface area contributed by atoms with E-state index in [1.807, 2.05) is 0 Å². The van der Waals surface area contributed by atoms with Crippen LogP contribution in [0.3, 0.4) is 0 Å². The van der Waals surface area contributed by atoms with Crippen LogP contribution in [0.25, 0.3) is 0 Å². The van der Waals surface area contributed by atoms with E-state index in [9.17, 15) is 9.59 Å². The summed E-state index contributed by atoms with van der Waals surface area (Å²) in [6, 6.07) is -1.29. The molecule has 0 aliphatic carbocycles. The molecule has 0 rings (SSSR count). The Labute approximate surface area is 100 Å². The first-order chi connectivity index (χ1) is 4.04. The van der Waals surface area contributed by atoms with E-state index in [0.29, 0.717) is 0 Å². The maximum atomic E-state index is 9.85. The largest absolute Gasteiger partial charge is 0.481 e. The molecule has 53 valence electrons. The smallest absolute Gasteiger partial charge is 0.321 e. The Morgan fingerprint density at radius 1 is 1.40 bits per heavy atom. The fraction of sp³-hybridized carbons (Fsp3) is 0.500. The van der Waals surface area contributed by atoms with E-state index in [1.165, 1.54) is 0 Å². The molecule has 0 heterocycles. The van der Waals surface area contributed by atoms with Gasteiger partial charge in [-0.1, -0.05) is 0 Å². The molecule has 0 aromatic rings. The van der Waals surface area contributed by atoms with Crippen LogP contribution in [0.2, 0.25) is 0 Å². The third-order valence-electron chi connectivity index (χ3n) is 0.712. The van der Waals surface area contributed by atoms with E-state index in [2.05, 4.69) is 0 Å². The van der Waals surface area contributed by atoms with Crippen LogP contribution in [0.4, 0.5) is 0 Å². The molecule has 0 spiro atoms. The molecule has 0 aliphatic rings. The predicted octanol–water partition coefficient (Wildman–Crippen LogP) is -1.51. The zero-order chi connectivity index (χ0) is 7.44. The third kappa shape index (κ3) is 6.65. The number of carbonyl (C=O) groups is 2. The Balaban J connectivity index is 0. The van der Waals surface area contributed by atoms with Crippen molar-refractivity contribution in [3.8, 4) is 0 Å². The standard InChI is InChI=1S/C4H7NO4.K/c5-2(4(8)9)1-3(6)7;/h2H,1,5H2,(H,6,7)(H,8,9);/t2-;/m0./s1. The summed E-state index contributed by atoms with van der Waals surface area (Å²) >= 11 is 0. The average molecular weight is 172 g/mol. The van der Waals surface area contributed by atoms with Crippen molar-refractivity contribution in [2.75, 3.05) is 0 Å². The zero-order valence-corrected chi connectivity index (χ0v) is 8.70. The molecule has 0 saturated heterocycles. The number of aliphatic carboxylic acids is 2. The molecule has 0 bridgehead atoms. The maximum absolute atomic E-state index is 9.85. The van der Waals surface area contributed by atoms with Crippen LogP contribution in [0.1, 0.15) is 6.42 Å². The molecule has 1 atom stereocenters. The summed E-state index contributed by atoms with van der Waals surface area (Å²) < 4.78 is 0. The van der Waals surface area contributed by atoms with E-state index < -0.39 is 24.4 Å². The number of nitrogens with two attached hydrogens (primary N) is 1. The topological polar surface area (TPSA) is 101 Å². The minimum atomic E-state index is -1.29. The Hall–Kier alpha value is 0.536. The third-order valence-corrected chi connectivity index (χ3v) is 0.712. The Bertz CT molecular complexity index is 137. The maximum Gasteiger partial charge on any atom is 0.321 e. The van der Waals surface area contributed by atoms with Gasteiger partial charge in [0.2, 0.25) is 0 Å². The van der Waals surface area contributed by atoms with Crippen molar-refractivity contribution in [3.63, 3.8) is 0 Å². The van der Waals surface area contributed by atoms with Gasteiger partial charge in [-0.3, -0.25) is 9.59 Å². The summed E-state index contributed by atoms with van der Waals surface area (Å²) in [5.74, 6) is -2.50. The molecule has 0 aromatic carbocycles. The van der Waals surface area contributed by atoms with Crippen molar-refractivity contribution in [3.05, 3.63) is 0 Å². The van der Waals surface area contributed by atoms with Gasteiger partial charge in [-0.25, -0.2) is 0 Å². The van der Waals surface area contributed by atoms with Gasteiger partial charge < -0.3 is 15.9 Å². The first-order valence-corrected chi connectivity index (χ1v) is 2.24. The van der Waals surface area contributed by atoms with Gasteiger partial charge in [0.05, 0.1) is 6.42 Å². The van der Waals surface area contributed by atoms with Crippen molar-refractivity contribution in [1.29, 1.82) is 0 Å². The molecule has 5 nitrogen and oxygen atoms in total. The van der Waals surface area contributed by atoms with Crippen LogP contribution >= 0.6 is 0 Å². The van der Waals surface area contributed by atoms with Gasteiger partial charge in [-0.2, -0.15) is 0 Å². The summed E-state index contributed by atoms with van der Waals surface area (Å²) in [6.45, 7) is 0. The van der Waals surface area contributed by atoms with Gasteiger partial charge >= 0.3 is 11.9 Å². The van der Waals surface area contributed by atoms with Crippen molar-refractivity contribution in [2.24, 2.45) is 5.73 Å². The fourth-order valence-electron chi connectivity index (χ4n) is 0.275. The summed E-state index contributed by atoms with van der Waals surface area (Å²) in [6.07, 6.45) is -0.532.